The molecule has 5 nitrogen and oxygen atoms in total. The molecule has 28 heavy (non-hydrogen) atoms. The summed E-state index contributed by atoms with van der Waals surface area (Å²) in [5.41, 5.74) is -1.02. The summed E-state index contributed by atoms with van der Waals surface area (Å²) in [7, 11) is -0.602. The summed E-state index contributed by atoms with van der Waals surface area (Å²) in [5, 5.41) is 0.308. The molecule has 0 saturated carbocycles. The highest BCUT2D eigenvalue weighted by Crippen LogP contribution is 2.38. The number of benzene rings is 1. The van der Waals surface area contributed by atoms with E-state index in [2.05, 4.69) is 4.72 Å². The van der Waals surface area contributed by atoms with E-state index in [0.717, 1.165) is 0 Å². The molecule has 1 unspecified atom stereocenters. The molecule has 1 aromatic rings. The minimum atomic E-state index is -1.33. The maximum atomic E-state index is 13.9. The number of rotatable bonds is 7. The molecular weight excluding hydrogens is 404 g/mol. The summed E-state index contributed by atoms with van der Waals surface area (Å²) in [6.07, 6.45) is 0.417. The molecule has 1 aromatic carbocycles. The maximum absolute atomic E-state index is 13.9. The first-order chi connectivity index (χ1) is 12.7. The first-order valence-corrected chi connectivity index (χ1v) is 10.9. The molecule has 1 saturated heterocycles. The van der Waals surface area contributed by atoms with Crippen LogP contribution in [0, 0.1) is 5.82 Å². The number of ether oxygens (including phenoxy) is 1. The van der Waals surface area contributed by atoms with Gasteiger partial charge in [0.15, 0.2) is 11.6 Å². The van der Waals surface area contributed by atoms with Crippen molar-refractivity contribution < 1.29 is 23.0 Å². The minimum absolute atomic E-state index is 0.119. The Balaban J connectivity index is 2.08. The third-order valence-electron chi connectivity index (χ3n) is 4.99. The second kappa shape index (κ2) is 8.70. The molecule has 2 atom stereocenters. The molecule has 1 aliphatic heterocycles. The van der Waals surface area contributed by atoms with E-state index in [1.807, 2.05) is 48.5 Å². The third kappa shape index (κ3) is 5.77. The van der Waals surface area contributed by atoms with Gasteiger partial charge in [-0.2, -0.15) is 0 Å². The molecule has 0 radical (unpaired) electrons. The lowest BCUT2D eigenvalue weighted by Gasteiger charge is -2.32. The minimum Gasteiger partial charge on any atom is -0.598 e. The highest BCUT2D eigenvalue weighted by molar-refractivity contribution is 7.90. The molecule has 2 rings (SSSR count). The van der Waals surface area contributed by atoms with Gasteiger partial charge in [0.2, 0.25) is 0 Å². The highest BCUT2D eigenvalue weighted by atomic mass is 35.5. The quantitative estimate of drug-likeness (QED) is 0.513. The zero-order chi connectivity index (χ0) is 21.3. The van der Waals surface area contributed by atoms with Crippen LogP contribution in [0.4, 0.5) is 4.39 Å². The van der Waals surface area contributed by atoms with Crippen LogP contribution in [0.25, 0.3) is 0 Å². The van der Waals surface area contributed by atoms with E-state index in [0.29, 0.717) is 11.4 Å². The number of halogens is 2. The Labute approximate surface area is 176 Å². The molecule has 0 spiro atoms. The molecule has 9 heteroatoms. The first-order valence-electron chi connectivity index (χ1n) is 9.34. The van der Waals surface area contributed by atoms with Gasteiger partial charge in [-0.25, -0.2) is 4.39 Å². The summed E-state index contributed by atoms with van der Waals surface area (Å²) in [6, 6.07) is 4.26. The summed E-state index contributed by atoms with van der Waals surface area (Å²) in [5.74, 6) is -0.795. The second-order valence-corrected chi connectivity index (χ2v) is 11.4. The Morgan fingerprint density at radius 3 is 2.32 bits per heavy atom. The number of nitrogens with one attached hydrogen (secondary N) is 1. The lowest BCUT2D eigenvalue weighted by atomic mass is 9.77. The van der Waals surface area contributed by atoms with Gasteiger partial charge in [-0.3, -0.25) is 0 Å². The zero-order valence-electron chi connectivity index (χ0n) is 17.6. The standard InChI is InChI=1S/C19H30BClFNO4S/c1-17(2,3)28(24)23-16(20-26-18(4,5)19(6,7)27-20)10-11-25-15-9-8-13(21)12-14(15)22/h8-9,12,16,23H,10-11H2,1-7H3/t16-,28?/m1/s1. The molecule has 1 N–H and O–H groups in total. The van der Waals surface area contributed by atoms with E-state index >= 15 is 0 Å². The smallest absolute Gasteiger partial charge is 0.480 e. The molecular formula is C19H30BClFNO4S. The van der Waals surface area contributed by atoms with Crippen LogP contribution in [0.15, 0.2) is 18.2 Å². The third-order valence-corrected chi connectivity index (χ3v) is 6.86. The van der Waals surface area contributed by atoms with Crippen LogP contribution in [0.3, 0.4) is 0 Å². The fourth-order valence-corrected chi connectivity index (χ4v) is 3.52. The SMILES string of the molecule is CC(C)(C)[S+]([O-])N[C@H](CCOc1ccc(Cl)cc1F)B1OC(C)(C)C(C)(C)O1. The fraction of sp³-hybridized carbons (Fsp3) is 0.684. The van der Waals surface area contributed by atoms with Crippen LogP contribution in [0.1, 0.15) is 54.9 Å². The predicted molar refractivity (Wildman–Crippen MR) is 112 cm³/mol. The van der Waals surface area contributed by atoms with Gasteiger partial charge in [0.25, 0.3) is 0 Å². The topological polar surface area (TPSA) is 62.8 Å². The average molecular weight is 434 g/mol. The van der Waals surface area contributed by atoms with E-state index in [9.17, 15) is 8.94 Å². The molecule has 0 aromatic heterocycles. The normalized spacial score (nSPS) is 20.9. The Morgan fingerprint density at radius 1 is 1.25 bits per heavy atom. The fourth-order valence-electron chi connectivity index (χ4n) is 2.51. The summed E-state index contributed by atoms with van der Waals surface area (Å²) in [4.78, 5) is 0. The van der Waals surface area contributed by atoms with Crippen LogP contribution in [0.5, 0.6) is 5.75 Å². The Kier molecular flexibility index (Phi) is 7.38. The van der Waals surface area contributed by atoms with Gasteiger partial charge >= 0.3 is 7.12 Å². The van der Waals surface area contributed by atoms with Gasteiger partial charge in [0.1, 0.15) is 4.75 Å². The molecule has 1 aliphatic rings. The van der Waals surface area contributed by atoms with Crippen molar-refractivity contribution in [2.45, 2.75) is 76.8 Å². The van der Waals surface area contributed by atoms with Crippen LogP contribution < -0.4 is 9.46 Å². The summed E-state index contributed by atoms with van der Waals surface area (Å²) in [6.45, 7) is 13.7. The van der Waals surface area contributed by atoms with Crippen molar-refractivity contribution in [3.63, 3.8) is 0 Å². The molecule has 1 heterocycles. The van der Waals surface area contributed by atoms with Crippen molar-refractivity contribution >= 4 is 30.1 Å². The van der Waals surface area contributed by atoms with E-state index in [-0.39, 0.29) is 12.4 Å². The number of hydrogen-bond acceptors (Lipinski definition) is 5. The van der Waals surface area contributed by atoms with Crippen molar-refractivity contribution in [1.29, 1.82) is 0 Å². The van der Waals surface area contributed by atoms with E-state index in [1.165, 1.54) is 12.1 Å². The molecule has 0 amide bonds. The number of hydrogen-bond donors (Lipinski definition) is 1. The van der Waals surface area contributed by atoms with Crippen molar-refractivity contribution in [2.24, 2.45) is 0 Å². The summed E-state index contributed by atoms with van der Waals surface area (Å²) < 4.78 is 47.0. The van der Waals surface area contributed by atoms with Gasteiger partial charge in [0.05, 0.1) is 23.8 Å². The van der Waals surface area contributed by atoms with E-state index in [1.54, 1.807) is 6.07 Å². The Bertz CT molecular complexity index is 670. The zero-order valence-corrected chi connectivity index (χ0v) is 19.2. The Hall–Kier alpha value is -0.505. The van der Waals surface area contributed by atoms with Crippen LogP contribution in [0.2, 0.25) is 5.02 Å². The van der Waals surface area contributed by atoms with Gasteiger partial charge in [-0.05, 0) is 73.1 Å². The predicted octanol–water partition coefficient (Wildman–Crippen LogP) is 4.30. The van der Waals surface area contributed by atoms with Crippen LogP contribution in [-0.2, 0) is 20.7 Å². The van der Waals surface area contributed by atoms with E-state index in [4.69, 9.17) is 25.6 Å². The van der Waals surface area contributed by atoms with Crippen molar-refractivity contribution in [1.82, 2.24) is 4.72 Å². The van der Waals surface area contributed by atoms with Gasteiger partial charge in [-0.1, -0.05) is 11.6 Å². The average Bonchev–Trinajstić information content (AvgIpc) is 2.75. The largest absolute Gasteiger partial charge is 0.598 e. The van der Waals surface area contributed by atoms with Gasteiger partial charge in [0, 0.05) is 16.4 Å². The Morgan fingerprint density at radius 2 is 1.82 bits per heavy atom. The van der Waals surface area contributed by atoms with Gasteiger partial charge < -0.3 is 18.6 Å². The molecule has 158 valence electrons. The molecule has 0 bridgehead atoms. The monoisotopic (exact) mass is 433 g/mol. The second-order valence-electron chi connectivity index (χ2n) is 8.94. The lowest BCUT2D eigenvalue weighted by Crippen LogP contribution is -2.52. The highest BCUT2D eigenvalue weighted by Gasteiger charge is 2.55. The van der Waals surface area contributed by atoms with E-state index < -0.39 is 46.2 Å². The van der Waals surface area contributed by atoms with Crippen LogP contribution >= 0.6 is 11.6 Å². The van der Waals surface area contributed by atoms with Gasteiger partial charge in [-0.15, -0.1) is 4.72 Å². The van der Waals surface area contributed by atoms with Crippen molar-refractivity contribution in [2.75, 3.05) is 6.61 Å². The lowest BCUT2D eigenvalue weighted by molar-refractivity contribution is 0.00578. The summed E-state index contributed by atoms with van der Waals surface area (Å²) >= 11 is 4.44. The van der Waals surface area contributed by atoms with Crippen LogP contribution in [-0.4, -0.2) is 40.2 Å². The van der Waals surface area contributed by atoms with Crippen molar-refractivity contribution in [3.8, 4) is 5.75 Å². The first kappa shape index (κ1) is 23.8. The molecule has 1 fully saturated rings. The maximum Gasteiger partial charge on any atom is 0.480 e. The molecule has 0 aliphatic carbocycles. The van der Waals surface area contributed by atoms with Crippen molar-refractivity contribution in [3.05, 3.63) is 29.0 Å².